The standard InChI is InChI=1S/C16H22N4O2/c1-3-8-18-16(22)20-10-5-7-13(11-20)15(21)19-14-12(2)6-4-9-17-14/h3-4,6,9,13H,1,5,7-8,10-11H2,2H3,(H,18,22)(H,17,19,21)/t13-/m0/s1. The molecule has 1 saturated heterocycles. The lowest BCUT2D eigenvalue weighted by Gasteiger charge is -2.32. The zero-order valence-corrected chi connectivity index (χ0v) is 12.8. The molecule has 0 saturated carbocycles. The molecule has 0 aromatic carbocycles. The summed E-state index contributed by atoms with van der Waals surface area (Å²) in [7, 11) is 0. The van der Waals surface area contributed by atoms with Crippen molar-refractivity contribution in [3.05, 3.63) is 36.5 Å². The summed E-state index contributed by atoms with van der Waals surface area (Å²) in [6.07, 6.45) is 4.89. The number of nitrogens with zero attached hydrogens (tertiary/aromatic N) is 2. The minimum absolute atomic E-state index is 0.0805. The lowest BCUT2D eigenvalue weighted by atomic mass is 9.97. The number of piperidine rings is 1. The number of nitrogens with one attached hydrogen (secondary N) is 2. The van der Waals surface area contributed by atoms with Gasteiger partial charge >= 0.3 is 6.03 Å². The molecule has 22 heavy (non-hydrogen) atoms. The minimum atomic E-state index is -0.204. The Hall–Kier alpha value is -2.37. The highest BCUT2D eigenvalue weighted by Crippen LogP contribution is 2.19. The Balaban J connectivity index is 1.94. The van der Waals surface area contributed by atoms with Crippen molar-refractivity contribution in [3.8, 4) is 0 Å². The fraction of sp³-hybridized carbons (Fsp3) is 0.438. The van der Waals surface area contributed by atoms with E-state index in [9.17, 15) is 9.59 Å². The summed E-state index contributed by atoms with van der Waals surface area (Å²) >= 11 is 0. The molecule has 2 N–H and O–H groups in total. The van der Waals surface area contributed by atoms with Crippen LogP contribution in [0.3, 0.4) is 0 Å². The fourth-order valence-corrected chi connectivity index (χ4v) is 2.48. The van der Waals surface area contributed by atoms with Crippen LogP contribution in [0.1, 0.15) is 18.4 Å². The van der Waals surface area contributed by atoms with E-state index in [0.29, 0.717) is 25.5 Å². The van der Waals surface area contributed by atoms with E-state index in [1.54, 1.807) is 17.2 Å². The van der Waals surface area contributed by atoms with Crippen molar-refractivity contribution in [2.24, 2.45) is 5.92 Å². The minimum Gasteiger partial charge on any atom is -0.335 e. The molecule has 1 fully saturated rings. The van der Waals surface area contributed by atoms with Gasteiger partial charge in [0.15, 0.2) is 0 Å². The van der Waals surface area contributed by atoms with E-state index in [1.165, 1.54) is 0 Å². The monoisotopic (exact) mass is 302 g/mol. The summed E-state index contributed by atoms with van der Waals surface area (Å²) in [6, 6.07) is 3.59. The largest absolute Gasteiger partial charge is 0.335 e. The predicted molar refractivity (Wildman–Crippen MR) is 85.5 cm³/mol. The molecule has 2 heterocycles. The molecule has 0 radical (unpaired) electrons. The van der Waals surface area contributed by atoms with E-state index in [1.807, 2.05) is 19.1 Å². The van der Waals surface area contributed by atoms with E-state index in [0.717, 1.165) is 18.4 Å². The lowest BCUT2D eigenvalue weighted by Crippen LogP contribution is -2.48. The fourth-order valence-electron chi connectivity index (χ4n) is 2.48. The van der Waals surface area contributed by atoms with Gasteiger partial charge in [-0.05, 0) is 31.4 Å². The number of aromatic nitrogens is 1. The van der Waals surface area contributed by atoms with Crippen molar-refractivity contribution in [3.63, 3.8) is 0 Å². The average molecular weight is 302 g/mol. The Kier molecular flexibility index (Phi) is 5.52. The zero-order valence-electron chi connectivity index (χ0n) is 12.8. The van der Waals surface area contributed by atoms with E-state index < -0.39 is 0 Å². The number of hydrogen-bond donors (Lipinski definition) is 2. The highest BCUT2D eigenvalue weighted by molar-refractivity contribution is 5.92. The van der Waals surface area contributed by atoms with Crippen molar-refractivity contribution in [2.75, 3.05) is 25.0 Å². The molecule has 1 aliphatic heterocycles. The number of rotatable bonds is 4. The average Bonchev–Trinajstić information content (AvgIpc) is 2.54. The maximum absolute atomic E-state index is 12.4. The van der Waals surface area contributed by atoms with Crippen LogP contribution >= 0.6 is 0 Å². The maximum Gasteiger partial charge on any atom is 0.317 e. The highest BCUT2D eigenvalue weighted by atomic mass is 16.2. The number of carbonyl (C=O) groups excluding carboxylic acids is 2. The number of urea groups is 1. The summed E-state index contributed by atoms with van der Waals surface area (Å²) in [5.41, 5.74) is 0.923. The third kappa shape index (κ3) is 4.07. The van der Waals surface area contributed by atoms with Crippen LogP contribution < -0.4 is 10.6 Å². The van der Waals surface area contributed by atoms with E-state index >= 15 is 0 Å². The molecule has 2 rings (SSSR count). The van der Waals surface area contributed by atoms with Crippen molar-refractivity contribution < 1.29 is 9.59 Å². The van der Waals surface area contributed by atoms with Gasteiger partial charge in [0.05, 0.1) is 5.92 Å². The van der Waals surface area contributed by atoms with Gasteiger partial charge in [-0.1, -0.05) is 12.1 Å². The Morgan fingerprint density at radius 2 is 2.36 bits per heavy atom. The molecule has 0 unspecified atom stereocenters. The first-order valence-corrected chi connectivity index (χ1v) is 7.48. The van der Waals surface area contributed by atoms with Gasteiger partial charge in [-0.15, -0.1) is 6.58 Å². The van der Waals surface area contributed by atoms with Gasteiger partial charge in [-0.3, -0.25) is 4.79 Å². The van der Waals surface area contributed by atoms with Gasteiger partial charge in [-0.25, -0.2) is 9.78 Å². The van der Waals surface area contributed by atoms with Gasteiger partial charge < -0.3 is 15.5 Å². The summed E-state index contributed by atoms with van der Waals surface area (Å²) in [6.45, 7) is 7.01. The Labute approximate surface area is 130 Å². The molecule has 118 valence electrons. The molecule has 1 aromatic heterocycles. The van der Waals surface area contributed by atoms with Crippen LogP contribution in [0.2, 0.25) is 0 Å². The van der Waals surface area contributed by atoms with Crippen LogP contribution in [0.4, 0.5) is 10.6 Å². The van der Waals surface area contributed by atoms with Crippen LogP contribution in [0.5, 0.6) is 0 Å². The van der Waals surface area contributed by atoms with Crippen molar-refractivity contribution >= 4 is 17.8 Å². The molecular weight excluding hydrogens is 280 g/mol. The molecule has 6 nitrogen and oxygen atoms in total. The molecule has 6 heteroatoms. The lowest BCUT2D eigenvalue weighted by molar-refractivity contribution is -0.121. The second-order valence-corrected chi connectivity index (χ2v) is 5.42. The molecule has 0 spiro atoms. The number of carbonyl (C=O) groups is 2. The summed E-state index contributed by atoms with van der Waals surface area (Å²) < 4.78 is 0. The molecule has 3 amide bonds. The molecular formula is C16H22N4O2. The molecule has 0 aliphatic carbocycles. The number of anilines is 1. The molecule has 1 aliphatic rings. The van der Waals surface area contributed by atoms with Gasteiger partial charge in [0.2, 0.25) is 5.91 Å². The Morgan fingerprint density at radius 3 is 3.09 bits per heavy atom. The third-order valence-electron chi connectivity index (χ3n) is 3.73. The second kappa shape index (κ2) is 7.59. The number of pyridine rings is 1. The normalized spacial score (nSPS) is 17.7. The maximum atomic E-state index is 12.4. The van der Waals surface area contributed by atoms with Crippen LogP contribution in [-0.2, 0) is 4.79 Å². The number of amides is 3. The van der Waals surface area contributed by atoms with E-state index in [2.05, 4.69) is 22.2 Å². The molecule has 0 bridgehead atoms. The number of aryl methyl sites for hydroxylation is 1. The topological polar surface area (TPSA) is 74.3 Å². The second-order valence-electron chi connectivity index (χ2n) is 5.42. The van der Waals surface area contributed by atoms with Crippen molar-refractivity contribution in [2.45, 2.75) is 19.8 Å². The number of likely N-dealkylation sites (tertiary alicyclic amines) is 1. The smallest absolute Gasteiger partial charge is 0.317 e. The Morgan fingerprint density at radius 1 is 1.55 bits per heavy atom. The van der Waals surface area contributed by atoms with Crippen LogP contribution in [0.25, 0.3) is 0 Å². The van der Waals surface area contributed by atoms with E-state index in [4.69, 9.17) is 0 Å². The highest BCUT2D eigenvalue weighted by Gasteiger charge is 2.28. The zero-order chi connectivity index (χ0) is 15.9. The number of hydrogen-bond acceptors (Lipinski definition) is 3. The van der Waals surface area contributed by atoms with Gasteiger partial charge in [0.25, 0.3) is 0 Å². The molecule has 1 aromatic rings. The van der Waals surface area contributed by atoms with Gasteiger partial charge in [0, 0.05) is 25.8 Å². The van der Waals surface area contributed by atoms with Crippen molar-refractivity contribution in [1.29, 1.82) is 0 Å². The first kappa shape index (κ1) is 16.0. The molecule has 1 atom stereocenters. The van der Waals surface area contributed by atoms with E-state index in [-0.39, 0.29) is 17.9 Å². The van der Waals surface area contributed by atoms with Crippen molar-refractivity contribution in [1.82, 2.24) is 15.2 Å². The third-order valence-corrected chi connectivity index (χ3v) is 3.73. The van der Waals surface area contributed by atoms with Gasteiger partial charge in [-0.2, -0.15) is 0 Å². The predicted octanol–water partition coefficient (Wildman–Crippen LogP) is 1.94. The summed E-state index contributed by atoms with van der Waals surface area (Å²) in [5, 5.41) is 5.60. The van der Waals surface area contributed by atoms with Crippen LogP contribution in [0.15, 0.2) is 31.0 Å². The first-order chi connectivity index (χ1) is 10.6. The quantitative estimate of drug-likeness (QED) is 0.835. The van der Waals surface area contributed by atoms with Gasteiger partial charge in [0.1, 0.15) is 5.82 Å². The van der Waals surface area contributed by atoms with Crippen LogP contribution in [-0.4, -0.2) is 41.5 Å². The summed E-state index contributed by atoms with van der Waals surface area (Å²) in [5.74, 6) is 0.299. The van der Waals surface area contributed by atoms with Crippen LogP contribution in [0, 0.1) is 12.8 Å². The first-order valence-electron chi connectivity index (χ1n) is 7.48. The SMILES string of the molecule is C=CCNC(=O)N1CCC[C@H](C(=O)Nc2ncccc2C)C1. The summed E-state index contributed by atoms with van der Waals surface area (Å²) in [4.78, 5) is 30.2. The Bertz CT molecular complexity index is 559.